The number of anilines is 2. The molecule has 18 heavy (non-hydrogen) atoms. The lowest BCUT2D eigenvalue weighted by atomic mass is 10.2. The van der Waals surface area contributed by atoms with Crippen LogP contribution in [0.25, 0.3) is 0 Å². The molecule has 0 aliphatic carbocycles. The molecule has 0 bridgehead atoms. The van der Waals surface area contributed by atoms with Gasteiger partial charge in [0.15, 0.2) is 0 Å². The maximum atomic E-state index is 12.0. The molecule has 0 atom stereocenters. The molecule has 2 aromatic heterocycles. The van der Waals surface area contributed by atoms with Gasteiger partial charge in [-0.15, -0.1) is 0 Å². The Balaban J connectivity index is 2.22. The fraction of sp³-hybridized carbons (Fsp3) is 0.154. The van der Waals surface area contributed by atoms with Gasteiger partial charge in [0.2, 0.25) is 0 Å². The summed E-state index contributed by atoms with van der Waals surface area (Å²) in [6.45, 7) is 3.68. The monoisotopic (exact) mass is 242 g/mol. The highest BCUT2D eigenvalue weighted by Gasteiger charge is 2.11. The largest absolute Gasteiger partial charge is 0.398 e. The molecule has 0 aromatic carbocycles. The van der Waals surface area contributed by atoms with E-state index in [2.05, 4.69) is 15.3 Å². The number of pyridine rings is 2. The van der Waals surface area contributed by atoms with Gasteiger partial charge in [-0.3, -0.25) is 9.78 Å². The molecular weight excluding hydrogens is 228 g/mol. The highest BCUT2D eigenvalue weighted by molar-refractivity contribution is 6.07. The van der Waals surface area contributed by atoms with Crippen LogP contribution in [0.1, 0.15) is 21.7 Å². The lowest BCUT2D eigenvalue weighted by molar-refractivity contribution is 0.102. The standard InChI is InChI=1S/C13H14N4O/c1-8-4-3-5-12(16-8)17-13(18)10-7-15-9(2)6-11(10)14/h3-7H,1-2H3,(H2,14,15)(H,16,17,18). The van der Waals surface area contributed by atoms with E-state index in [-0.39, 0.29) is 5.91 Å². The number of carbonyl (C=O) groups is 1. The Labute approximate surface area is 105 Å². The number of hydrogen-bond acceptors (Lipinski definition) is 4. The number of amides is 1. The molecule has 5 heteroatoms. The predicted molar refractivity (Wildman–Crippen MR) is 70.3 cm³/mol. The highest BCUT2D eigenvalue weighted by Crippen LogP contribution is 2.13. The zero-order valence-corrected chi connectivity index (χ0v) is 10.3. The van der Waals surface area contributed by atoms with Crippen LogP contribution in [0.15, 0.2) is 30.5 Å². The van der Waals surface area contributed by atoms with Gasteiger partial charge in [0, 0.05) is 23.3 Å². The van der Waals surface area contributed by atoms with Crippen molar-refractivity contribution in [1.82, 2.24) is 9.97 Å². The van der Waals surface area contributed by atoms with E-state index in [9.17, 15) is 4.79 Å². The lowest BCUT2D eigenvalue weighted by Crippen LogP contribution is -2.15. The summed E-state index contributed by atoms with van der Waals surface area (Å²) in [5.41, 5.74) is 8.16. The lowest BCUT2D eigenvalue weighted by Gasteiger charge is -2.07. The average Bonchev–Trinajstić information content (AvgIpc) is 2.28. The molecule has 0 aliphatic heterocycles. The SMILES string of the molecule is Cc1cc(N)c(C(=O)Nc2cccc(C)n2)cn1. The van der Waals surface area contributed by atoms with Crippen molar-refractivity contribution in [3.05, 3.63) is 47.4 Å². The molecule has 2 rings (SSSR count). The molecule has 1 amide bonds. The first-order chi connectivity index (χ1) is 8.56. The van der Waals surface area contributed by atoms with E-state index in [4.69, 9.17) is 5.73 Å². The molecule has 5 nitrogen and oxygen atoms in total. The van der Waals surface area contributed by atoms with Crippen molar-refractivity contribution >= 4 is 17.4 Å². The van der Waals surface area contributed by atoms with Crippen LogP contribution >= 0.6 is 0 Å². The zero-order chi connectivity index (χ0) is 13.1. The van der Waals surface area contributed by atoms with Crippen molar-refractivity contribution < 1.29 is 4.79 Å². The molecule has 0 saturated carbocycles. The minimum atomic E-state index is -0.307. The van der Waals surface area contributed by atoms with Crippen LogP contribution in [0.2, 0.25) is 0 Å². The molecule has 0 saturated heterocycles. The van der Waals surface area contributed by atoms with Gasteiger partial charge in [-0.2, -0.15) is 0 Å². The zero-order valence-electron chi connectivity index (χ0n) is 10.3. The van der Waals surface area contributed by atoms with Gasteiger partial charge >= 0.3 is 0 Å². The number of nitrogen functional groups attached to an aromatic ring is 1. The first kappa shape index (κ1) is 12.0. The van der Waals surface area contributed by atoms with Crippen LogP contribution < -0.4 is 11.1 Å². The van der Waals surface area contributed by atoms with Gasteiger partial charge in [0.25, 0.3) is 5.91 Å². The number of nitrogens with one attached hydrogen (secondary N) is 1. The second kappa shape index (κ2) is 4.83. The molecule has 0 aliphatic rings. The van der Waals surface area contributed by atoms with Crippen LogP contribution in [-0.4, -0.2) is 15.9 Å². The molecule has 0 spiro atoms. The number of nitrogens with two attached hydrogens (primary N) is 1. The van der Waals surface area contributed by atoms with E-state index in [0.29, 0.717) is 17.1 Å². The maximum Gasteiger partial charge on any atom is 0.260 e. The topological polar surface area (TPSA) is 80.9 Å². The van der Waals surface area contributed by atoms with E-state index < -0.39 is 0 Å². The van der Waals surface area contributed by atoms with Crippen molar-refractivity contribution in [3.63, 3.8) is 0 Å². The third-order valence-electron chi connectivity index (χ3n) is 2.45. The van der Waals surface area contributed by atoms with E-state index in [0.717, 1.165) is 11.4 Å². The van der Waals surface area contributed by atoms with Crippen LogP contribution in [0, 0.1) is 13.8 Å². The molecule has 3 N–H and O–H groups in total. The number of hydrogen-bond donors (Lipinski definition) is 2. The Kier molecular flexibility index (Phi) is 3.23. The number of aryl methyl sites for hydroxylation is 2. The summed E-state index contributed by atoms with van der Waals surface area (Å²) in [5.74, 6) is 0.193. The molecule has 0 radical (unpaired) electrons. The van der Waals surface area contributed by atoms with Gasteiger partial charge in [-0.1, -0.05) is 6.07 Å². The smallest absolute Gasteiger partial charge is 0.260 e. The predicted octanol–water partition coefficient (Wildman–Crippen LogP) is 1.93. The van der Waals surface area contributed by atoms with E-state index in [1.165, 1.54) is 6.20 Å². The second-order valence-corrected chi connectivity index (χ2v) is 4.03. The third-order valence-corrected chi connectivity index (χ3v) is 2.45. The van der Waals surface area contributed by atoms with Crippen LogP contribution in [0.4, 0.5) is 11.5 Å². The van der Waals surface area contributed by atoms with Gasteiger partial charge in [-0.05, 0) is 32.0 Å². The quantitative estimate of drug-likeness (QED) is 0.843. The van der Waals surface area contributed by atoms with Crippen molar-refractivity contribution in [2.24, 2.45) is 0 Å². The Bertz CT molecular complexity index is 595. The first-order valence-corrected chi connectivity index (χ1v) is 5.53. The number of carbonyl (C=O) groups excluding carboxylic acids is 1. The van der Waals surface area contributed by atoms with E-state index >= 15 is 0 Å². The first-order valence-electron chi connectivity index (χ1n) is 5.53. The molecular formula is C13H14N4O. The number of aromatic nitrogens is 2. The molecule has 2 aromatic rings. The van der Waals surface area contributed by atoms with E-state index in [1.54, 1.807) is 12.1 Å². The van der Waals surface area contributed by atoms with Gasteiger partial charge in [-0.25, -0.2) is 4.98 Å². The van der Waals surface area contributed by atoms with Crippen LogP contribution in [0.5, 0.6) is 0 Å². The minimum Gasteiger partial charge on any atom is -0.398 e. The molecule has 0 unspecified atom stereocenters. The molecule has 0 fully saturated rings. The van der Waals surface area contributed by atoms with Gasteiger partial charge in [0.1, 0.15) is 5.82 Å². The van der Waals surface area contributed by atoms with Gasteiger partial charge in [0.05, 0.1) is 5.56 Å². The third kappa shape index (κ3) is 2.63. The van der Waals surface area contributed by atoms with E-state index in [1.807, 2.05) is 26.0 Å². The Hall–Kier alpha value is -2.43. The minimum absolute atomic E-state index is 0.307. The number of rotatable bonds is 2. The Morgan fingerprint density at radius 2 is 2.06 bits per heavy atom. The Morgan fingerprint density at radius 1 is 1.28 bits per heavy atom. The fourth-order valence-electron chi connectivity index (χ4n) is 1.57. The number of nitrogens with zero attached hydrogens (tertiary/aromatic N) is 2. The summed E-state index contributed by atoms with van der Waals surface area (Å²) in [5, 5.41) is 2.69. The fourth-order valence-corrected chi connectivity index (χ4v) is 1.57. The summed E-state index contributed by atoms with van der Waals surface area (Å²) in [6.07, 6.45) is 1.47. The second-order valence-electron chi connectivity index (χ2n) is 4.03. The summed E-state index contributed by atoms with van der Waals surface area (Å²) in [6, 6.07) is 7.08. The van der Waals surface area contributed by atoms with Crippen LogP contribution in [-0.2, 0) is 0 Å². The van der Waals surface area contributed by atoms with Gasteiger partial charge < -0.3 is 11.1 Å². The summed E-state index contributed by atoms with van der Waals surface area (Å²) < 4.78 is 0. The molecule has 92 valence electrons. The van der Waals surface area contributed by atoms with Crippen molar-refractivity contribution in [3.8, 4) is 0 Å². The maximum absolute atomic E-state index is 12.0. The summed E-state index contributed by atoms with van der Waals surface area (Å²) in [7, 11) is 0. The Morgan fingerprint density at radius 3 is 2.72 bits per heavy atom. The van der Waals surface area contributed by atoms with Crippen molar-refractivity contribution in [2.45, 2.75) is 13.8 Å². The van der Waals surface area contributed by atoms with Crippen molar-refractivity contribution in [1.29, 1.82) is 0 Å². The van der Waals surface area contributed by atoms with Crippen LogP contribution in [0.3, 0.4) is 0 Å². The van der Waals surface area contributed by atoms with Crippen molar-refractivity contribution in [2.75, 3.05) is 11.1 Å². The normalized spacial score (nSPS) is 10.1. The summed E-state index contributed by atoms with van der Waals surface area (Å²) >= 11 is 0. The average molecular weight is 242 g/mol. The highest BCUT2D eigenvalue weighted by atomic mass is 16.1. The molecule has 2 heterocycles. The summed E-state index contributed by atoms with van der Waals surface area (Å²) in [4.78, 5) is 20.2.